The molecule has 10 nitrogen and oxygen atoms in total. The van der Waals surface area contributed by atoms with Crippen molar-refractivity contribution in [3.63, 3.8) is 0 Å². The Balaban J connectivity index is 1.19. The van der Waals surface area contributed by atoms with E-state index >= 15 is 0 Å². The third kappa shape index (κ3) is 3.75. The Kier molecular flexibility index (Phi) is 5.18. The lowest BCUT2D eigenvalue weighted by Crippen LogP contribution is -2.52. The number of amides is 4. The molecule has 10 heteroatoms. The number of aromatic nitrogens is 3. The molecule has 2 aromatic heterocycles. The Bertz CT molecular complexity index is 1150. The first-order valence-electron chi connectivity index (χ1n) is 10.6. The normalized spacial score (nSPS) is 19.0. The van der Waals surface area contributed by atoms with E-state index in [-0.39, 0.29) is 18.4 Å². The molecule has 0 aliphatic carbocycles. The van der Waals surface area contributed by atoms with Crippen molar-refractivity contribution in [2.75, 3.05) is 37.6 Å². The molecule has 2 saturated heterocycles. The summed E-state index contributed by atoms with van der Waals surface area (Å²) in [6, 6.07) is 8.36. The molecule has 0 saturated carbocycles. The van der Waals surface area contributed by atoms with E-state index in [1.807, 2.05) is 35.4 Å². The van der Waals surface area contributed by atoms with E-state index in [2.05, 4.69) is 20.3 Å². The van der Waals surface area contributed by atoms with Gasteiger partial charge in [0, 0.05) is 62.1 Å². The number of imide groups is 1. The number of fused-ring (bicyclic) bond motifs is 1. The molecule has 2 N–H and O–H groups in total. The molecular weight excluding hydrogens is 410 g/mol. The number of hydrogen-bond donors (Lipinski definition) is 2. The average molecular weight is 433 g/mol. The monoisotopic (exact) mass is 433 g/mol. The van der Waals surface area contributed by atoms with Crippen LogP contribution in [-0.2, 0) is 16.0 Å². The number of urea groups is 1. The van der Waals surface area contributed by atoms with Crippen LogP contribution in [0.15, 0.2) is 48.9 Å². The van der Waals surface area contributed by atoms with Crippen molar-refractivity contribution in [3.05, 3.63) is 54.5 Å². The molecular formula is C22H23N7O3. The number of hydrogen-bond acceptors (Lipinski definition) is 6. The summed E-state index contributed by atoms with van der Waals surface area (Å²) >= 11 is 0. The van der Waals surface area contributed by atoms with Crippen molar-refractivity contribution >= 4 is 34.7 Å². The highest BCUT2D eigenvalue weighted by molar-refractivity contribution is 6.06. The molecule has 5 rings (SSSR count). The fraction of sp³-hybridized carbons (Fsp3) is 0.318. The molecule has 3 aromatic rings. The first-order valence-corrected chi connectivity index (χ1v) is 10.6. The van der Waals surface area contributed by atoms with Crippen molar-refractivity contribution < 1.29 is 14.4 Å². The summed E-state index contributed by atoms with van der Waals surface area (Å²) < 4.78 is 0. The molecule has 1 aromatic carbocycles. The van der Waals surface area contributed by atoms with E-state index in [1.165, 1.54) is 0 Å². The lowest BCUT2D eigenvalue weighted by Gasteiger charge is -2.35. The lowest BCUT2D eigenvalue weighted by molar-refractivity contribution is -0.137. The number of nitrogens with zero attached hydrogens (tertiary/aromatic N) is 5. The van der Waals surface area contributed by atoms with Gasteiger partial charge in [0.1, 0.15) is 12.6 Å². The van der Waals surface area contributed by atoms with Gasteiger partial charge < -0.3 is 20.1 Å². The number of anilines is 1. The minimum absolute atomic E-state index is 0.241. The van der Waals surface area contributed by atoms with Gasteiger partial charge in [-0.1, -0.05) is 18.2 Å². The third-order valence-electron chi connectivity index (χ3n) is 5.97. The van der Waals surface area contributed by atoms with Crippen LogP contribution in [0, 0.1) is 0 Å². The van der Waals surface area contributed by atoms with Crippen LogP contribution in [0.2, 0.25) is 0 Å². The zero-order valence-corrected chi connectivity index (χ0v) is 17.4. The number of carbonyl (C=O) groups excluding carboxylic acids is 3. The highest BCUT2D eigenvalue weighted by atomic mass is 16.2. The molecule has 4 heterocycles. The summed E-state index contributed by atoms with van der Waals surface area (Å²) in [7, 11) is 0. The van der Waals surface area contributed by atoms with E-state index in [0.717, 1.165) is 21.4 Å². The zero-order chi connectivity index (χ0) is 22.1. The van der Waals surface area contributed by atoms with Crippen LogP contribution in [-0.4, -0.2) is 81.4 Å². The molecule has 1 atom stereocenters. The number of H-pyrrole nitrogens is 1. The van der Waals surface area contributed by atoms with E-state index in [0.29, 0.717) is 38.5 Å². The van der Waals surface area contributed by atoms with Crippen LogP contribution in [0.1, 0.15) is 5.56 Å². The van der Waals surface area contributed by atoms with Crippen molar-refractivity contribution in [1.29, 1.82) is 0 Å². The fourth-order valence-electron chi connectivity index (χ4n) is 4.23. The first kappa shape index (κ1) is 20.0. The van der Waals surface area contributed by atoms with Gasteiger partial charge in [-0.25, -0.2) is 14.8 Å². The zero-order valence-electron chi connectivity index (χ0n) is 17.4. The SMILES string of the molecule is O=C(CN1C(=O)NC(Cc2c[nH]c3ccccc23)C1=O)N1CCN(c2ncccn2)CC1. The van der Waals surface area contributed by atoms with Gasteiger partial charge in [0.25, 0.3) is 5.91 Å². The second-order valence-corrected chi connectivity index (χ2v) is 7.91. The van der Waals surface area contributed by atoms with Gasteiger partial charge in [0.2, 0.25) is 11.9 Å². The van der Waals surface area contributed by atoms with Crippen LogP contribution in [0.3, 0.4) is 0 Å². The number of carbonyl (C=O) groups is 3. The number of piperazine rings is 1. The molecule has 2 fully saturated rings. The summed E-state index contributed by atoms with van der Waals surface area (Å²) in [5.41, 5.74) is 1.93. The Hall–Kier alpha value is -3.95. The fourth-order valence-corrected chi connectivity index (χ4v) is 4.23. The molecule has 32 heavy (non-hydrogen) atoms. The Morgan fingerprint density at radius 2 is 1.78 bits per heavy atom. The molecule has 164 valence electrons. The van der Waals surface area contributed by atoms with E-state index in [9.17, 15) is 14.4 Å². The maximum absolute atomic E-state index is 12.9. The molecule has 4 amide bonds. The van der Waals surface area contributed by atoms with Gasteiger partial charge in [0.05, 0.1) is 0 Å². The summed E-state index contributed by atoms with van der Waals surface area (Å²) in [4.78, 5) is 54.4. The standard InChI is InChI=1S/C22H23N7O3/c30-19(27-8-10-28(11-9-27)21-23-6-3-7-24-21)14-29-20(31)18(26-22(29)32)12-15-13-25-17-5-2-1-4-16(15)17/h1-7,13,18,25H,8-12,14H2,(H,26,32). The third-order valence-corrected chi connectivity index (χ3v) is 5.97. The van der Waals surface area contributed by atoms with Crippen molar-refractivity contribution in [1.82, 2.24) is 30.1 Å². The minimum Gasteiger partial charge on any atom is -0.361 e. The van der Waals surface area contributed by atoms with Crippen LogP contribution in [0.25, 0.3) is 10.9 Å². The van der Waals surface area contributed by atoms with Gasteiger partial charge in [-0.2, -0.15) is 0 Å². The molecule has 0 bridgehead atoms. The molecule has 2 aliphatic rings. The molecule has 2 aliphatic heterocycles. The largest absolute Gasteiger partial charge is 0.361 e. The maximum Gasteiger partial charge on any atom is 0.325 e. The number of aromatic amines is 1. The quantitative estimate of drug-likeness (QED) is 0.575. The van der Waals surface area contributed by atoms with Crippen molar-refractivity contribution in [2.45, 2.75) is 12.5 Å². The lowest BCUT2D eigenvalue weighted by atomic mass is 10.1. The van der Waals surface area contributed by atoms with Crippen LogP contribution >= 0.6 is 0 Å². The summed E-state index contributed by atoms with van der Waals surface area (Å²) in [5, 5.41) is 3.74. The van der Waals surface area contributed by atoms with Gasteiger partial charge in [-0.3, -0.25) is 14.5 Å². The first-order chi connectivity index (χ1) is 15.6. The summed E-state index contributed by atoms with van der Waals surface area (Å²) in [6.07, 6.45) is 5.59. The van der Waals surface area contributed by atoms with Crippen molar-refractivity contribution in [3.8, 4) is 0 Å². The van der Waals surface area contributed by atoms with Crippen LogP contribution in [0.5, 0.6) is 0 Å². The summed E-state index contributed by atoms with van der Waals surface area (Å²) in [6.45, 7) is 1.91. The smallest absolute Gasteiger partial charge is 0.325 e. The van der Waals surface area contributed by atoms with Crippen LogP contribution < -0.4 is 10.2 Å². The second-order valence-electron chi connectivity index (χ2n) is 7.91. The number of benzene rings is 1. The predicted molar refractivity (Wildman–Crippen MR) is 117 cm³/mol. The number of rotatable bonds is 5. The van der Waals surface area contributed by atoms with Gasteiger partial charge >= 0.3 is 6.03 Å². The highest BCUT2D eigenvalue weighted by Crippen LogP contribution is 2.21. The topological polar surface area (TPSA) is 115 Å². The molecule has 1 unspecified atom stereocenters. The van der Waals surface area contributed by atoms with Gasteiger partial charge in [-0.15, -0.1) is 0 Å². The Morgan fingerprint density at radius 1 is 1.03 bits per heavy atom. The molecule has 0 spiro atoms. The van der Waals surface area contributed by atoms with E-state index in [1.54, 1.807) is 23.4 Å². The molecule has 0 radical (unpaired) electrons. The Labute approximate surface area is 184 Å². The van der Waals surface area contributed by atoms with Gasteiger partial charge in [-0.05, 0) is 17.7 Å². The number of nitrogens with one attached hydrogen (secondary N) is 2. The highest BCUT2D eigenvalue weighted by Gasteiger charge is 2.40. The van der Waals surface area contributed by atoms with E-state index < -0.39 is 12.1 Å². The maximum atomic E-state index is 12.9. The van der Waals surface area contributed by atoms with Crippen molar-refractivity contribution in [2.24, 2.45) is 0 Å². The van der Waals surface area contributed by atoms with Crippen LogP contribution in [0.4, 0.5) is 10.7 Å². The second kappa shape index (κ2) is 8.29. The average Bonchev–Trinajstić information content (AvgIpc) is 3.36. The Morgan fingerprint density at radius 3 is 2.56 bits per heavy atom. The predicted octanol–water partition coefficient (Wildman–Crippen LogP) is 0.770. The van der Waals surface area contributed by atoms with Gasteiger partial charge in [0.15, 0.2) is 0 Å². The minimum atomic E-state index is -0.679. The van der Waals surface area contributed by atoms with E-state index in [4.69, 9.17) is 0 Å². The number of para-hydroxylation sites is 1. The summed E-state index contributed by atoms with van der Waals surface area (Å²) in [5.74, 6) is 0.0219.